The highest BCUT2D eigenvalue weighted by Crippen LogP contribution is 2.25. The molecule has 1 N–H and O–H groups in total. The summed E-state index contributed by atoms with van der Waals surface area (Å²) in [5.41, 5.74) is 1.82. The second-order valence-corrected chi connectivity index (χ2v) is 6.55. The highest BCUT2D eigenvalue weighted by atomic mass is 19.1. The molecular weight excluding hydrogens is 333 g/mol. The third kappa shape index (κ3) is 3.75. The Morgan fingerprint density at radius 1 is 1.12 bits per heavy atom. The molecule has 26 heavy (non-hydrogen) atoms. The van der Waals surface area contributed by atoms with Crippen LogP contribution in [0.1, 0.15) is 32.3 Å². The van der Waals surface area contributed by atoms with Crippen molar-refractivity contribution in [1.82, 2.24) is 15.1 Å². The average Bonchev–Trinajstić information content (AvgIpc) is 2.67. The molecule has 1 fully saturated rings. The minimum absolute atomic E-state index is 0.108. The van der Waals surface area contributed by atoms with Crippen molar-refractivity contribution in [2.24, 2.45) is 0 Å². The number of nitrogens with one attached hydrogen (secondary N) is 1. The number of hydrogen-bond acceptors (Lipinski definition) is 3. The quantitative estimate of drug-likeness (QED) is 0.919. The molecule has 1 unspecified atom stereocenters. The van der Waals surface area contributed by atoms with Gasteiger partial charge in [0.15, 0.2) is 0 Å². The normalized spacial score (nSPS) is 17.0. The maximum absolute atomic E-state index is 13.6. The molecule has 1 atom stereocenters. The van der Waals surface area contributed by atoms with Gasteiger partial charge in [0.05, 0.1) is 6.04 Å². The Bertz CT molecular complexity index is 805. The van der Waals surface area contributed by atoms with E-state index in [-0.39, 0.29) is 23.7 Å². The topological polar surface area (TPSA) is 52.7 Å². The second-order valence-electron chi connectivity index (χ2n) is 6.55. The molecule has 0 aromatic heterocycles. The van der Waals surface area contributed by atoms with Crippen molar-refractivity contribution in [3.05, 3.63) is 71.0 Å². The van der Waals surface area contributed by atoms with Crippen LogP contribution in [0.25, 0.3) is 0 Å². The van der Waals surface area contributed by atoms with Crippen molar-refractivity contribution in [2.45, 2.75) is 6.04 Å². The molecule has 1 aliphatic heterocycles. The summed E-state index contributed by atoms with van der Waals surface area (Å²) in [4.78, 5) is 28.2. The van der Waals surface area contributed by atoms with Crippen molar-refractivity contribution >= 4 is 11.8 Å². The summed E-state index contributed by atoms with van der Waals surface area (Å²) in [5.74, 6) is -0.541. The summed E-state index contributed by atoms with van der Waals surface area (Å²) in [7, 11) is 3.37. The van der Waals surface area contributed by atoms with Crippen LogP contribution in [0, 0.1) is 5.82 Å². The molecule has 0 spiro atoms. The van der Waals surface area contributed by atoms with Crippen molar-refractivity contribution in [1.29, 1.82) is 0 Å². The maximum atomic E-state index is 13.6. The first-order valence-electron chi connectivity index (χ1n) is 8.56. The molecular formula is C20H22FN3O2. The lowest BCUT2D eigenvalue weighted by atomic mass is 10.0. The number of nitrogens with zero attached hydrogens (tertiary/aromatic N) is 2. The van der Waals surface area contributed by atoms with Gasteiger partial charge in [-0.05, 0) is 42.0 Å². The fourth-order valence-electron chi connectivity index (χ4n) is 3.14. The number of amides is 2. The number of halogens is 1. The molecule has 0 radical (unpaired) electrons. The number of rotatable bonds is 3. The summed E-state index contributed by atoms with van der Waals surface area (Å²) in [6.45, 7) is 1.81. The standard InChI is InChI=1S/C20H22FN3O2/c1-23(2)19(25)14-6-8-15(9-7-14)20(26)24-11-10-22-13-18(24)16-4-3-5-17(21)12-16/h3-9,12,18,22H,10-11,13H2,1-2H3. The summed E-state index contributed by atoms with van der Waals surface area (Å²) in [5, 5.41) is 3.26. The first-order valence-corrected chi connectivity index (χ1v) is 8.56. The Morgan fingerprint density at radius 3 is 2.46 bits per heavy atom. The Hall–Kier alpha value is -2.73. The van der Waals surface area contributed by atoms with Crippen LogP contribution in [0.3, 0.4) is 0 Å². The zero-order valence-corrected chi connectivity index (χ0v) is 14.9. The van der Waals surface area contributed by atoms with Crippen molar-refractivity contribution in [3.8, 4) is 0 Å². The number of carbonyl (C=O) groups excluding carboxylic acids is 2. The number of hydrogen-bond donors (Lipinski definition) is 1. The van der Waals surface area contributed by atoms with Crippen molar-refractivity contribution in [3.63, 3.8) is 0 Å². The number of benzene rings is 2. The van der Waals surface area contributed by atoms with Gasteiger partial charge in [-0.2, -0.15) is 0 Å². The molecule has 2 amide bonds. The van der Waals surface area contributed by atoms with Gasteiger partial charge in [0.1, 0.15) is 5.82 Å². The molecule has 6 heteroatoms. The molecule has 1 aliphatic rings. The predicted octanol–water partition coefficient (Wildman–Crippen LogP) is 2.31. The van der Waals surface area contributed by atoms with Crippen LogP contribution in [0.2, 0.25) is 0 Å². The van der Waals surface area contributed by atoms with Crippen LogP contribution in [0.5, 0.6) is 0 Å². The van der Waals surface area contributed by atoms with E-state index in [2.05, 4.69) is 5.32 Å². The highest BCUT2D eigenvalue weighted by molar-refractivity contribution is 5.97. The molecule has 0 aliphatic carbocycles. The summed E-state index contributed by atoms with van der Waals surface area (Å²) in [6.07, 6.45) is 0. The molecule has 1 saturated heterocycles. The van der Waals surface area contributed by atoms with Crippen LogP contribution in [-0.2, 0) is 0 Å². The first kappa shape index (κ1) is 18.1. The monoisotopic (exact) mass is 355 g/mol. The first-order chi connectivity index (χ1) is 12.5. The lowest BCUT2D eigenvalue weighted by Gasteiger charge is -2.36. The highest BCUT2D eigenvalue weighted by Gasteiger charge is 2.28. The lowest BCUT2D eigenvalue weighted by molar-refractivity contribution is 0.0633. The van der Waals surface area contributed by atoms with Gasteiger partial charge in [0.2, 0.25) is 0 Å². The Labute approximate surface area is 152 Å². The van der Waals surface area contributed by atoms with Gasteiger partial charge in [-0.1, -0.05) is 12.1 Å². The Morgan fingerprint density at radius 2 is 1.81 bits per heavy atom. The van der Waals surface area contributed by atoms with Crippen LogP contribution >= 0.6 is 0 Å². The maximum Gasteiger partial charge on any atom is 0.254 e. The van der Waals surface area contributed by atoms with E-state index in [1.807, 2.05) is 6.07 Å². The lowest BCUT2D eigenvalue weighted by Crippen LogP contribution is -2.48. The van der Waals surface area contributed by atoms with Gasteiger partial charge in [0.25, 0.3) is 11.8 Å². The SMILES string of the molecule is CN(C)C(=O)c1ccc(C(=O)N2CCNCC2c2cccc(F)c2)cc1. The van der Waals surface area contributed by atoms with Crippen LogP contribution in [0.4, 0.5) is 4.39 Å². The largest absolute Gasteiger partial charge is 0.345 e. The molecule has 2 aromatic rings. The fraction of sp³-hybridized carbons (Fsp3) is 0.300. The van der Waals surface area contributed by atoms with Gasteiger partial charge in [-0.25, -0.2) is 4.39 Å². The summed E-state index contributed by atoms with van der Waals surface area (Å²) >= 11 is 0. The van der Waals surface area contributed by atoms with Gasteiger partial charge >= 0.3 is 0 Å². The van der Waals surface area contributed by atoms with Crippen molar-refractivity contribution in [2.75, 3.05) is 33.7 Å². The minimum Gasteiger partial charge on any atom is -0.345 e. The van der Waals surface area contributed by atoms with E-state index in [0.717, 1.165) is 5.56 Å². The third-order valence-electron chi connectivity index (χ3n) is 4.52. The molecule has 2 aromatic carbocycles. The van der Waals surface area contributed by atoms with E-state index in [4.69, 9.17) is 0 Å². The number of piperazine rings is 1. The molecule has 0 bridgehead atoms. The molecule has 0 saturated carbocycles. The van der Waals surface area contributed by atoms with E-state index in [0.29, 0.717) is 30.8 Å². The van der Waals surface area contributed by atoms with Crippen LogP contribution < -0.4 is 5.32 Å². The van der Waals surface area contributed by atoms with Gasteiger partial charge in [-0.15, -0.1) is 0 Å². The molecule has 5 nitrogen and oxygen atoms in total. The van der Waals surface area contributed by atoms with Gasteiger partial charge in [-0.3, -0.25) is 9.59 Å². The summed E-state index contributed by atoms with van der Waals surface area (Å²) in [6, 6.07) is 12.8. The zero-order chi connectivity index (χ0) is 18.7. The van der Waals surface area contributed by atoms with E-state index in [1.165, 1.54) is 17.0 Å². The van der Waals surface area contributed by atoms with Crippen LogP contribution in [-0.4, -0.2) is 55.3 Å². The van der Waals surface area contributed by atoms with E-state index in [1.54, 1.807) is 49.3 Å². The van der Waals surface area contributed by atoms with Crippen LogP contribution in [0.15, 0.2) is 48.5 Å². The predicted molar refractivity (Wildman–Crippen MR) is 97.5 cm³/mol. The molecule has 1 heterocycles. The number of carbonyl (C=O) groups is 2. The van der Waals surface area contributed by atoms with E-state index in [9.17, 15) is 14.0 Å². The third-order valence-corrected chi connectivity index (χ3v) is 4.52. The fourth-order valence-corrected chi connectivity index (χ4v) is 3.14. The van der Waals surface area contributed by atoms with Gasteiger partial charge in [0, 0.05) is 44.9 Å². The van der Waals surface area contributed by atoms with E-state index >= 15 is 0 Å². The van der Waals surface area contributed by atoms with E-state index < -0.39 is 0 Å². The molecule has 136 valence electrons. The minimum atomic E-state index is -0.313. The summed E-state index contributed by atoms with van der Waals surface area (Å²) < 4.78 is 13.6. The smallest absolute Gasteiger partial charge is 0.254 e. The van der Waals surface area contributed by atoms with Crippen molar-refractivity contribution < 1.29 is 14.0 Å². The zero-order valence-electron chi connectivity index (χ0n) is 14.9. The Kier molecular flexibility index (Phi) is 5.32. The second kappa shape index (κ2) is 7.66. The molecule has 3 rings (SSSR count). The van der Waals surface area contributed by atoms with Gasteiger partial charge < -0.3 is 15.1 Å². The average molecular weight is 355 g/mol. The Balaban J connectivity index is 1.83.